The highest BCUT2D eigenvalue weighted by Gasteiger charge is 2.33. The van der Waals surface area contributed by atoms with E-state index in [1.165, 1.54) is 7.05 Å². The highest BCUT2D eigenvalue weighted by molar-refractivity contribution is 5.42. The van der Waals surface area contributed by atoms with Crippen LogP contribution in [0.25, 0.3) is 0 Å². The summed E-state index contributed by atoms with van der Waals surface area (Å²) in [5.41, 5.74) is -1.04. The molecule has 0 bridgehead atoms. The second-order valence-electron chi connectivity index (χ2n) is 3.80. The summed E-state index contributed by atoms with van der Waals surface area (Å²) >= 11 is 0. The molecule has 2 rings (SSSR count). The molecule has 2 aromatic heterocycles. The van der Waals surface area contributed by atoms with Gasteiger partial charge in [0.2, 0.25) is 11.8 Å². The zero-order valence-electron chi connectivity index (χ0n) is 10.6. The molecule has 20 heavy (non-hydrogen) atoms. The van der Waals surface area contributed by atoms with Crippen LogP contribution in [0.2, 0.25) is 0 Å². The number of aromatic nitrogens is 4. The summed E-state index contributed by atoms with van der Waals surface area (Å²) in [6.45, 7) is 1.71. The average molecular weight is 288 g/mol. The minimum atomic E-state index is -4.55. The van der Waals surface area contributed by atoms with E-state index in [0.717, 1.165) is 6.07 Å². The third-order valence-electron chi connectivity index (χ3n) is 2.23. The molecule has 2 aromatic rings. The van der Waals surface area contributed by atoms with E-state index in [0.29, 0.717) is 5.82 Å². The number of nitrogens with one attached hydrogen (secondary N) is 2. The predicted octanol–water partition coefficient (Wildman–Crippen LogP) is 1.84. The van der Waals surface area contributed by atoms with Gasteiger partial charge in [-0.15, -0.1) is 0 Å². The number of nitrogens with zero attached hydrogens (tertiary/aromatic N) is 4. The van der Waals surface area contributed by atoms with E-state index in [2.05, 4.69) is 30.7 Å². The van der Waals surface area contributed by atoms with Crippen LogP contribution in [0, 0.1) is 6.92 Å². The van der Waals surface area contributed by atoms with Crippen molar-refractivity contribution in [2.24, 2.45) is 0 Å². The van der Waals surface area contributed by atoms with Gasteiger partial charge in [-0.1, -0.05) is 5.16 Å². The molecule has 0 saturated heterocycles. The lowest BCUT2D eigenvalue weighted by molar-refractivity contribution is -0.141. The van der Waals surface area contributed by atoms with Gasteiger partial charge in [0.15, 0.2) is 11.5 Å². The fourth-order valence-corrected chi connectivity index (χ4v) is 1.37. The summed E-state index contributed by atoms with van der Waals surface area (Å²) in [5, 5.41) is 8.71. The molecular weight excluding hydrogens is 277 g/mol. The first-order valence-electron chi connectivity index (χ1n) is 5.55. The van der Waals surface area contributed by atoms with Crippen LogP contribution in [0.15, 0.2) is 10.6 Å². The Labute approximate surface area is 111 Å². The van der Waals surface area contributed by atoms with Crippen LogP contribution in [0.4, 0.5) is 24.9 Å². The Morgan fingerprint density at radius 1 is 1.25 bits per heavy atom. The molecule has 0 unspecified atom stereocenters. The molecule has 7 nitrogen and oxygen atoms in total. The SMILES string of the molecule is CNc1nc(NCc2nc(C)no2)cc(C(F)(F)F)n1. The van der Waals surface area contributed by atoms with Crippen LogP contribution >= 0.6 is 0 Å². The van der Waals surface area contributed by atoms with Crippen molar-refractivity contribution < 1.29 is 17.7 Å². The largest absolute Gasteiger partial charge is 0.433 e. The third-order valence-corrected chi connectivity index (χ3v) is 2.23. The Kier molecular flexibility index (Phi) is 3.72. The topological polar surface area (TPSA) is 88.8 Å². The first-order chi connectivity index (χ1) is 9.38. The minimum absolute atomic E-state index is 0.00697. The Morgan fingerprint density at radius 3 is 2.55 bits per heavy atom. The van der Waals surface area contributed by atoms with Gasteiger partial charge in [0.05, 0.1) is 6.54 Å². The smallest absolute Gasteiger partial charge is 0.361 e. The van der Waals surface area contributed by atoms with Gasteiger partial charge in [-0.25, -0.2) is 4.98 Å². The fourth-order valence-electron chi connectivity index (χ4n) is 1.37. The standard InChI is InChI=1S/C10H11F3N6O/c1-5-16-8(20-19-5)4-15-7-3-6(10(11,12)13)17-9(14-2)18-7/h3H,4H2,1-2H3,(H2,14,15,17,18). The molecular formula is C10H11F3N6O. The average Bonchev–Trinajstić information content (AvgIpc) is 2.81. The molecule has 2 heterocycles. The van der Waals surface area contributed by atoms with Crippen LogP contribution in [-0.4, -0.2) is 27.2 Å². The van der Waals surface area contributed by atoms with E-state index in [-0.39, 0.29) is 24.2 Å². The molecule has 0 fully saturated rings. The summed E-state index contributed by atoms with van der Waals surface area (Å²) in [7, 11) is 1.43. The van der Waals surface area contributed by atoms with Gasteiger partial charge in [-0.3, -0.25) is 0 Å². The number of alkyl halides is 3. The molecule has 2 N–H and O–H groups in total. The number of hydrogen-bond acceptors (Lipinski definition) is 7. The molecule has 0 amide bonds. The van der Waals surface area contributed by atoms with Crippen LogP contribution < -0.4 is 10.6 Å². The molecule has 0 atom stereocenters. The van der Waals surface area contributed by atoms with E-state index >= 15 is 0 Å². The third kappa shape index (κ3) is 3.33. The number of halogens is 3. The van der Waals surface area contributed by atoms with Crippen molar-refractivity contribution in [2.75, 3.05) is 17.7 Å². The first-order valence-corrected chi connectivity index (χ1v) is 5.55. The van der Waals surface area contributed by atoms with Crippen LogP contribution in [0.3, 0.4) is 0 Å². The molecule has 10 heteroatoms. The zero-order chi connectivity index (χ0) is 14.8. The van der Waals surface area contributed by atoms with Gasteiger partial charge in [0.25, 0.3) is 0 Å². The molecule has 0 aromatic carbocycles. The number of rotatable bonds is 4. The second-order valence-corrected chi connectivity index (χ2v) is 3.80. The van der Waals surface area contributed by atoms with Crippen molar-refractivity contribution in [3.8, 4) is 0 Å². The van der Waals surface area contributed by atoms with E-state index in [1.807, 2.05) is 0 Å². The Balaban J connectivity index is 2.18. The Hall–Kier alpha value is -2.39. The highest BCUT2D eigenvalue weighted by atomic mass is 19.4. The van der Waals surface area contributed by atoms with E-state index in [4.69, 9.17) is 4.52 Å². The molecule has 0 aliphatic rings. The summed E-state index contributed by atoms with van der Waals surface area (Å²) in [5.74, 6) is 0.564. The van der Waals surface area contributed by atoms with Crippen molar-refractivity contribution in [3.05, 3.63) is 23.5 Å². The molecule has 108 valence electrons. The second kappa shape index (κ2) is 5.31. The molecule has 0 spiro atoms. The fraction of sp³-hybridized carbons (Fsp3) is 0.400. The van der Waals surface area contributed by atoms with Crippen molar-refractivity contribution in [2.45, 2.75) is 19.6 Å². The molecule has 0 saturated carbocycles. The maximum atomic E-state index is 12.7. The van der Waals surface area contributed by atoms with Crippen LogP contribution in [0.1, 0.15) is 17.4 Å². The Morgan fingerprint density at radius 2 is 2.00 bits per heavy atom. The maximum Gasteiger partial charge on any atom is 0.433 e. The van der Waals surface area contributed by atoms with Gasteiger partial charge in [-0.05, 0) is 6.92 Å². The highest BCUT2D eigenvalue weighted by Crippen LogP contribution is 2.29. The van der Waals surface area contributed by atoms with Crippen LogP contribution in [-0.2, 0) is 12.7 Å². The summed E-state index contributed by atoms with van der Waals surface area (Å²) in [6.07, 6.45) is -4.55. The normalized spacial score (nSPS) is 11.4. The predicted molar refractivity (Wildman–Crippen MR) is 62.9 cm³/mol. The van der Waals surface area contributed by atoms with Gasteiger partial charge in [-0.2, -0.15) is 23.1 Å². The maximum absolute atomic E-state index is 12.7. The van der Waals surface area contributed by atoms with Crippen molar-refractivity contribution in [1.29, 1.82) is 0 Å². The summed E-state index contributed by atoms with van der Waals surface area (Å²) in [6, 6.07) is 0.810. The van der Waals surface area contributed by atoms with Crippen molar-refractivity contribution in [3.63, 3.8) is 0 Å². The van der Waals surface area contributed by atoms with E-state index in [1.54, 1.807) is 6.92 Å². The van der Waals surface area contributed by atoms with E-state index < -0.39 is 11.9 Å². The summed E-state index contributed by atoms with van der Waals surface area (Å²) < 4.78 is 42.8. The summed E-state index contributed by atoms with van der Waals surface area (Å²) in [4.78, 5) is 11.1. The molecule has 0 aliphatic carbocycles. The number of aryl methyl sites for hydroxylation is 1. The lowest BCUT2D eigenvalue weighted by Crippen LogP contribution is -2.13. The first kappa shape index (κ1) is 14.0. The monoisotopic (exact) mass is 288 g/mol. The van der Waals surface area contributed by atoms with Crippen molar-refractivity contribution in [1.82, 2.24) is 20.1 Å². The van der Waals surface area contributed by atoms with Crippen molar-refractivity contribution >= 4 is 11.8 Å². The van der Waals surface area contributed by atoms with Gasteiger partial charge in [0, 0.05) is 13.1 Å². The lowest BCUT2D eigenvalue weighted by atomic mass is 10.3. The van der Waals surface area contributed by atoms with Crippen LogP contribution in [0.5, 0.6) is 0 Å². The van der Waals surface area contributed by atoms with Gasteiger partial charge >= 0.3 is 6.18 Å². The minimum Gasteiger partial charge on any atom is -0.361 e. The molecule has 0 radical (unpaired) electrons. The molecule has 0 aliphatic heterocycles. The Bertz CT molecular complexity index is 597. The lowest BCUT2D eigenvalue weighted by Gasteiger charge is -2.10. The zero-order valence-corrected chi connectivity index (χ0v) is 10.6. The van der Waals surface area contributed by atoms with Gasteiger partial charge < -0.3 is 15.2 Å². The number of anilines is 2. The quantitative estimate of drug-likeness (QED) is 0.887. The number of hydrogen-bond donors (Lipinski definition) is 2. The van der Waals surface area contributed by atoms with Gasteiger partial charge in [0.1, 0.15) is 5.82 Å². The van der Waals surface area contributed by atoms with E-state index in [9.17, 15) is 13.2 Å².